The first-order valence-corrected chi connectivity index (χ1v) is 6.62. The van der Waals surface area contributed by atoms with Crippen molar-refractivity contribution in [2.45, 2.75) is 39.3 Å². The first kappa shape index (κ1) is 13.4. The van der Waals surface area contributed by atoms with E-state index in [9.17, 15) is 5.11 Å². The van der Waals surface area contributed by atoms with Gasteiger partial charge in [0, 0.05) is 30.4 Å². The van der Waals surface area contributed by atoms with Crippen molar-refractivity contribution >= 4 is 5.69 Å². The minimum Gasteiger partial charge on any atom is -0.395 e. The standard InChI is InChI=1S/C15H24N2O/c1-11-5-6-12(2)14(7-11)17-8-13(9-18)16-15(3,4)10-17/h5-7,13,16,18H,8-10H2,1-4H3. The maximum atomic E-state index is 9.42. The number of benzene rings is 1. The van der Waals surface area contributed by atoms with Gasteiger partial charge in [-0.15, -0.1) is 0 Å². The quantitative estimate of drug-likeness (QED) is 0.838. The van der Waals surface area contributed by atoms with Crippen molar-refractivity contribution in [1.29, 1.82) is 0 Å². The molecule has 1 aromatic carbocycles. The van der Waals surface area contributed by atoms with Crippen molar-refractivity contribution in [3.63, 3.8) is 0 Å². The second-order valence-corrected chi connectivity index (χ2v) is 6.08. The molecule has 1 saturated heterocycles. The average molecular weight is 248 g/mol. The van der Waals surface area contributed by atoms with Gasteiger partial charge in [-0.05, 0) is 44.9 Å². The second kappa shape index (κ2) is 4.90. The Kier molecular flexibility index (Phi) is 3.64. The fourth-order valence-corrected chi connectivity index (χ4v) is 2.80. The normalized spacial score (nSPS) is 23.2. The highest BCUT2D eigenvalue weighted by Crippen LogP contribution is 2.26. The van der Waals surface area contributed by atoms with E-state index in [1.165, 1.54) is 16.8 Å². The Balaban J connectivity index is 2.29. The molecule has 1 aromatic rings. The minimum absolute atomic E-state index is 0.0296. The first-order valence-electron chi connectivity index (χ1n) is 6.62. The van der Waals surface area contributed by atoms with E-state index < -0.39 is 0 Å². The average Bonchev–Trinajstić information content (AvgIpc) is 2.30. The van der Waals surface area contributed by atoms with E-state index in [1.807, 2.05) is 0 Å². The van der Waals surface area contributed by atoms with Gasteiger partial charge in [0.2, 0.25) is 0 Å². The predicted molar refractivity (Wildman–Crippen MR) is 76.2 cm³/mol. The molecule has 0 radical (unpaired) electrons. The Morgan fingerprint density at radius 3 is 2.78 bits per heavy atom. The van der Waals surface area contributed by atoms with Crippen LogP contribution in [0.4, 0.5) is 5.69 Å². The molecule has 1 aliphatic rings. The van der Waals surface area contributed by atoms with Gasteiger partial charge in [-0.1, -0.05) is 12.1 Å². The molecular formula is C15H24N2O. The van der Waals surface area contributed by atoms with Crippen LogP contribution in [0.1, 0.15) is 25.0 Å². The van der Waals surface area contributed by atoms with E-state index >= 15 is 0 Å². The van der Waals surface area contributed by atoms with Gasteiger partial charge >= 0.3 is 0 Å². The number of nitrogens with zero attached hydrogens (tertiary/aromatic N) is 1. The highest BCUT2D eigenvalue weighted by atomic mass is 16.3. The number of aliphatic hydroxyl groups is 1. The molecule has 1 fully saturated rings. The number of nitrogens with one attached hydrogen (secondary N) is 1. The highest BCUT2D eigenvalue weighted by Gasteiger charge is 2.31. The molecule has 1 unspecified atom stereocenters. The second-order valence-electron chi connectivity index (χ2n) is 6.08. The summed E-state index contributed by atoms with van der Waals surface area (Å²) in [6, 6.07) is 6.71. The number of hydrogen-bond donors (Lipinski definition) is 2. The lowest BCUT2D eigenvalue weighted by Crippen LogP contribution is -2.63. The molecule has 3 nitrogen and oxygen atoms in total. The zero-order valence-corrected chi connectivity index (χ0v) is 11.8. The van der Waals surface area contributed by atoms with Crippen LogP contribution < -0.4 is 10.2 Å². The summed E-state index contributed by atoms with van der Waals surface area (Å²) in [6.45, 7) is 10.7. The van der Waals surface area contributed by atoms with Gasteiger partial charge in [-0.25, -0.2) is 0 Å². The lowest BCUT2D eigenvalue weighted by atomic mass is 9.97. The Labute approximate surface area is 110 Å². The molecule has 0 aliphatic carbocycles. The van der Waals surface area contributed by atoms with Crippen molar-refractivity contribution in [3.05, 3.63) is 29.3 Å². The van der Waals surface area contributed by atoms with Crippen molar-refractivity contribution in [3.8, 4) is 0 Å². The Hall–Kier alpha value is -1.06. The highest BCUT2D eigenvalue weighted by molar-refractivity contribution is 5.55. The van der Waals surface area contributed by atoms with Crippen LogP contribution in [-0.4, -0.2) is 36.4 Å². The molecule has 18 heavy (non-hydrogen) atoms. The smallest absolute Gasteiger partial charge is 0.0602 e. The summed E-state index contributed by atoms with van der Waals surface area (Å²) in [7, 11) is 0. The third kappa shape index (κ3) is 2.85. The summed E-state index contributed by atoms with van der Waals surface area (Å²) in [4.78, 5) is 2.39. The number of piperazine rings is 1. The topological polar surface area (TPSA) is 35.5 Å². The summed E-state index contributed by atoms with van der Waals surface area (Å²) < 4.78 is 0. The van der Waals surface area contributed by atoms with Crippen LogP contribution >= 0.6 is 0 Å². The first-order chi connectivity index (χ1) is 8.41. The van der Waals surface area contributed by atoms with Gasteiger partial charge in [0.15, 0.2) is 0 Å². The monoisotopic (exact) mass is 248 g/mol. The van der Waals surface area contributed by atoms with Gasteiger partial charge in [-0.3, -0.25) is 0 Å². The predicted octanol–water partition coefficient (Wildman–Crippen LogP) is 1.85. The zero-order valence-electron chi connectivity index (χ0n) is 11.8. The molecule has 0 spiro atoms. The third-order valence-corrected chi connectivity index (χ3v) is 3.55. The van der Waals surface area contributed by atoms with Crippen LogP contribution in [0.2, 0.25) is 0 Å². The molecular weight excluding hydrogens is 224 g/mol. The van der Waals surface area contributed by atoms with E-state index in [0.29, 0.717) is 0 Å². The van der Waals surface area contributed by atoms with Crippen LogP contribution in [0.5, 0.6) is 0 Å². The van der Waals surface area contributed by atoms with Gasteiger partial charge in [-0.2, -0.15) is 0 Å². The zero-order chi connectivity index (χ0) is 13.3. The summed E-state index contributed by atoms with van der Waals surface area (Å²) >= 11 is 0. The van der Waals surface area contributed by atoms with Gasteiger partial charge in [0.25, 0.3) is 0 Å². The fourth-order valence-electron chi connectivity index (χ4n) is 2.80. The van der Waals surface area contributed by atoms with Crippen molar-refractivity contribution in [2.24, 2.45) is 0 Å². The molecule has 2 N–H and O–H groups in total. The van der Waals surface area contributed by atoms with Crippen molar-refractivity contribution in [2.75, 3.05) is 24.6 Å². The van der Waals surface area contributed by atoms with Gasteiger partial charge in [0.05, 0.1) is 6.61 Å². The lowest BCUT2D eigenvalue weighted by Gasteiger charge is -2.45. The van der Waals surface area contributed by atoms with Crippen LogP contribution in [0.3, 0.4) is 0 Å². The number of hydrogen-bond acceptors (Lipinski definition) is 3. The molecule has 1 heterocycles. The molecule has 3 heteroatoms. The van der Waals surface area contributed by atoms with Crippen LogP contribution in [0.25, 0.3) is 0 Å². The number of anilines is 1. The Bertz CT molecular complexity index is 429. The SMILES string of the molecule is Cc1ccc(C)c(N2CC(CO)NC(C)(C)C2)c1. The lowest BCUT2D eigenvalue weighted by molar-refractivity contribution is 0.191. The maximum absolute atomic E-state index is 9.42. The van der Waals surface area contributed by atoms with Crippen LogP contribution in [0, 0.1) is 13.8 Å². The molecule has 2 rings (SSSR count). The van der Waals surface area contributed by atoms with Crippen LogP contribution in [0.15, 0.2) is 18.2 Å². The fraction of sp³-hybridized carbons (Fsp3) is 0.600. The molecule has 0 saturated carbocycles. The summed E-state index contributed by atoms with van der Waals surface area (Å²) in [5.74, 6) is 0. The van der Waals surface area contributed by atoms with Gasteiger partial charge in [0.1, 0.15) is 0 Å². The largest absolute Gasteiger partial charge is 0.395 e. The number of aliphatic hydroxyl groups excluding tert-OH is 1. The summed E-state index contributed by atoms with van der Waals surface area (Å²) in [5.41, 5.74) is 3.91. The number of aryl methyl sites for hydroxylation is 2. The Morgan fingerprint density at radius 2 is 2.11 bits per heavy atom. The van der Waals surface area contributed by atoms with E-state index in [4.69, 9.17) is 0 Å². The van der Waals surface area contributed by atoms with Gasteiger partial charge < -0.3 is 15.3 Å². The summed E-state index contributed by atoms with van der Waals surface area (Å²) in [5, 5.41) is 12.9. The summed E-state index contributed by atoms with van der Waals surface area (Å²) in [6.07, 6.45) is 0. The Morgan fingerprint density at radius 1 is 1.39 bits per heavy atom. The van der Waals surface area contributed by atoms with E-state index in [0.717, 1.165) is 13.1 Å². The molecule has 0 aromatic heterocycles. The molecule has 0 bridgehead atoms. The third-order valence-electron chi connectivity index (χ3n) is 3.55. The molecule has 1 aliphatic heterocycles. The molecule has 0 amide bonds. The van der Waals surface area contributed by atoms with E-state index in [2.05, 4.69) is 56.1 Å². The number of rotatable bonds is 2. The van der Waals surface area contributed by atoms with E-state index in [-0.39, 0.29) is 18.2 Å². The van der Waals surface area contributed by atoms with Crippen molar-refractivity contribution < 1.29 is 5.11 Å². The molecule has 1 atom stereocenters. The minimum atomic E-state index is 0.0296. The van der Waals surface area contributed by atoms with Crippen LogP contribution in [-0.2, 0) is 0 Å². The van der Waals surface area contributed by atoms with Crippen molar-refractivity contribution in [1.82, 2.24) is 5.32 Å². The van der Waals surface area contributed by atoms with E-state index in [1.54, 1.807) is 0 Å². The maximum Gasteiger partial charge on any atom is 0.0602 e. The molecule has 100 valence electrons.